The molecule has 1 saturated heterocycles. The molecule has 0 aromatic rings. The lowest BCUT2D eigenvalue weighted by Gasteiger charge is -2.39. The largest absolute Gasteiger partial charge is 0.302 e. The summed E-state index contributed by atoms with van der Waals surface area (Å²) in [6.45, 7) is 8.82. The highest BCUT2D eigenvalue weighted by Crippen LogP contribution is 2.39. The average Bonchev–Trinajstić information content (AvgIpc) is 2.59. The van der Waals surface area contributed by atoms with Crippen LogP contribution in [0, 0.1) is 17.3 Å². The number of hydrogen-bond donors (Lipinski definition) is 0. The van der Waals surface area contributed by atoms with Crippen molar-refractivity contribution in [3.8, 4) is 0 Å². The Bertz CT molecular complexity index is 213. The second-order valence-electron chi connectivity index (χ2n) is 6.34. The fourth-order valence-electron chi connectivity index (χ4n) is 3.49. The molecule has 1 aliphatic carbocycles. The fourth-order valence-corrected chi connectivity index (χ4v) is 4.23. The van der Waals surface area contributed by atoms with Crippen molar-refractivity contribution in [2.24, 2.45) is 17.3 Å². The SMILES string of the molecule is CC1CN(CC2(CBr)CCCCC2)CC1C. The van der Waals surface area contributed by atoms with Crippen LogP contribution in [-0.2, 0) is 0 Å². The maximum atomic E-state index is 3.78. The molecule has 1 saturated carbocycles. The lowest BCUT2D eigenvalue weighted by molar-refractivity contribution is 0.141. The normalized spacial score (nSPS) is 35.4. The molecule has 2 fully saturated rings. The monoisotopic (exact) mass is 287 g/mol. The van der Waals surface area contributed by atoms with Gasteiger partial charge in [-0.3, -0.25) is 0 Å². The van der Waals surface area contributed by atoms with Crippen LogP contribution in [0.2, 0.25) is 0 Å². The Morgan fingerprint density at radius 1 is 1.06 bits per heavy atom. The first kappa shape index (κ1) is 12.9. The Kier molecular flexibility index (Phi) is 4.34. The van der Waals surface area contributed by atoms with E-state index in [0.29, 0.717) is 5.41 Å². The Morgan fingerprint density at radius 2 is 1.62 bits per heavy atom. The summed E-state index contributed by atoms with van der Waals surface area (Å²) in [4.78, 5) is 2.72. The summed E-state index contributed by atoms with van der Waals surface area (Å²) in [6, 6.07) is 0. The molecule has 1 nitrogen and oxygen atoms in total. The molecule has 1 heterocycles. The van der Waals surface area contributed by atoms with Crippen LogP contribution in [0.4, 0.5) is 0 Å². The van der Waals surface area contributed by atoms with E-state index >= 15 is 0 Å². The van der Waals surface area contributed by atoms with E-state index in [0.717, 1.165) is 11.8 Å². The third kappa shape index (κ3) is 2.81. The third-order valence-electron chi connectivity index (χ3n) is 4.82. The van der Waals surface area contributed by atoms with Crippen LogP contribution >= 0.6 is 15.9 Å². The van der Waals surface area contributed by atoms with E-state index < -0.39 is 0 Å². The molecule has 2 atom stereocenters. The van der Waals surface area contributed by atoms with E-state index in [-0.39, 0.29) is 0 Å². The van der Waals surface area contributed by atoms with Gasteiger partial charge in [-0.05, 0) is 30.1 Å². The molecule has 2 aliphatic rings. The Morgan fingerprint density at radius 3 is 2.12 bits per heavy atom. The van der Waals surface area contributed by atoms with Gasteiger partial charge in [-0.25, -0.2) is 0 Å². The van der Waals surface area contributed by atoms with E-state index in [2.05, 4.69) is 34.7 Å². The van der Waals surface area contributed by atoms with Crippen molar-refractivity contribution < 1.29 is 0 Å². The molecule has 0 spiro atoms. The molecule has 0 N–H and O–H groups in total. The van der Waals surface area contributed by atoms with Crippen LogP contribution in [0.25, 0.3) is 0 Å². The average molecular weight is 288 g/mol. The molecule has 2 heteroatoms. The van der Waals surface area contributed by atoms with E-state index in [1.165, 1.54) is 57.1 Å². The van der Waals surface area contributed by atoms with Gasteiger partial charge >= 0.3 is 0 Å². The second-order valence-corrected chi connectivity index (χ2v) is 6.90. The van der Waals surface area contributed by atoms with Gasteiger partial charge in [0.25, 0.3) is 0 Å². The summed E-state index contributed by atoms with van der Waals surface area (Å²) < 4.78 is 0. The van der Waals surface area contributed by atoms with Crippen molar-refractivity contribution in [1.82, 2.24) is 4.90 Å². The number of hydrogen-bond acceptors (Lipinski definition) is 1. The number of alkyl halides is 1. The maximum absolute atomic E-state index is 3.78. The highest BCUT2D eigenvalue weighted by atomic mass is 79.9. The number of likely N-dealkylation sites (tertiary alicyclic amines) is 1. The second kappa shape index (κ2) is 5.39. The van der Waals surface area contributed by atoms with Gasteiger partial charge in [0.05, 0.1) is 0 Å². The van der Waals surface area contributed by atoms with Crippen LogP contribution in [-0.4, -0.2) is 29.9 Å². The standard InChI is InChI=1S/C14H26BrN/c1-12-8-16(9-13(12)2)11-14(10-15)6-4-3-5-7-14/h12-13H,3-11H2,1-2H3. The smallest absolute Gasteiger partial charge is 0.0100 e. The minimum Gasteiger partial charge on any atom is -0.302 e. The Labute approximate surface area is 109 Å². The summed E-state index contributed by atoms with van der Waals surface area (Å²) in [6.07, 6.45) is 7.24. The van der Waals surface area contributed by atoms with Crippen LogP contribution in [0.5, 0.6) is 0 Å². The molecule has 0 radical (unpaired) electrons. The lowest BCUT2D eigenvalue weighted by Crippen LogP contribution is -2.39. The van der Waals surface area contributed by atoms with Gasteiger partial charge in [-0.1, -0.05) is 49.0 Å². The van der Waals surface area contributed by atoms with Crippen molar-refractivity contribution >= 4 is 15.9 Å². The van der Waals surface area contributed by atoms with Gasteiger partial charge in [0.1, 0.15) is 0 Å². The first-order valence-corrected chi connectivity index (χ1v) is 8.06. The summed E-state index contributed by atoms with van der Waals surface area (Å²) in [5.74, 6) is 1.80. The quantitative estimate of drug-likeness (QED) is 0.711. The van der Waals surface area contributed by atoms with Crippen LogP contribution in [0.15, 0.2) is 0 Å². The van der Waals surface area contributed by atoms with Crippen molar-refractivity contribution in [3.63, 3.8) is 0 Å². The molecule has 0 bridgehead atoms. The Balaban J connectivity index is 1.91. The minimum absolute atomic E-state index is 0.599. The summed E-state index contributed by atoms with van der Waals surface area (Å²) in [7, 11) is 0. The van der Waals surface area contributed by atoms with E-state index in [1.54, 1.807) is 0 Å². The van der Waals surface area contributed by atoms with Crippen molar-refractivity contribution in [2.75, 3.05) is 25.0 Å². The number of halogens is 1. The van der Waals surface area contributed by atoms with Gasteiger partial charge in [0.2, 0.25) is 0 Å². The first-order valence-electron chi connectivity index (χ1n) is 6.93. The molecule has 1 aliphatic heterocycles. The molecule has 2 unspecified atom stereocenters. The highest BCUT2D eigenvalue weighted by Gasteiger charge is 2.36. The molecular formula is C14H26BrN. The molecule has 16 heavy (non-hydrogen) atoms. The molecule has 0 aromatic carbocycles. The van der Waals surface area contributed by atoms with E-state index in [1.807, 2.05) is 0 Å². The van der Waals surface area contributed by atoms with Crippen molar-refractivity contribution in [1.29, 1.82) is 0 Å². The fraction of sp³-hybridized carbons (Fsp3) is 1.00. The van der Waals surface area contributed by atoms with Gasteiger partial charge in [0, 0.05) is 25.0 Å². The lowest BCUT2D eigenvalue weighted by atomic mass is 9.75. The predicted octanol–water partition coefficient (Wildman–Crippen LogP) is 3.92. The van der Waals surface area contributed by atoms with Gasteiger partial charge in [0.15, 0.2) is 0 Å². The van der Waals surface area contributed by atoms with Gasteiger partial charge in [-0.2, -0.15) is 0 Å². The highest BCUT2D eigenvalue weighted by molar-refractivity contribution is 9.09. The zero-order valence-corrected chi connectivity index (χ0v) is 12.4. The number of nitrogens with zero attached hydrogens (tertiary/aromatic N) is 1. The summed E-state index contributed by atoms with van der Waals surface area (Å²) in [5, 5.41) is 1.21. The summed E-state index contributed by atoms with van der Waals surface area (Å²) in [5.41, 5.74) is 0.599. The van der Waals surface area contributed by atoms with Gasteiger partial charge in [-0.15, -0.1) is 0 Å². The molecule has 0 amide bonds. The molecule has 0 aromatic heterocycles. The van der Waals surface area contributed by atoms with Crippen molar-refractivity contribution in [2.45, 2.75) is 46.0 Å². The van der Waals surface area contributed by atoms with Crippen LogP contribution < -0.4 is 0 Å². The van der Waals surface area contributed by atoms with Gasteiger partial charge < -0.3 is 4.90 Å². The maximum Gasteiger partial charge on any atom is 0.0100 e. The predicted molar refractivity (Wildman–Crippen MR) is 74.1 cm³/mol. The topological polar surface area (TPSA) is 3.24 Å². The number of rotatable bonds is 3. The zero-order valence-electron chi connectivity index (χ0n) is 10.8. The first-order chi connectivity index (χ1) is 7.65. The van der Waals surface area contributed by atoms with E-state index in [9.17, 15) is 0 Å². The van der Waals surface area contributed by atoms with Crippen LogP contribution in [0.1, 0.15) is 46.0 Å². The zero-order chi connectivity index (χ0) is 11.6. The molecular weight excluding hydrogens is 262 g/mol. The summed E-state index contributed by atoms with van der Waals surface area (Å²) >= 11 is 3.78. The minimum atomic E-state index is 0.599. The van der Waals surface area contributed by atoms with Crippen molar-refractivity contribution in [3.05, 3.63) is 0 Å². The molecule has 2 rings (SSSR count). The Hall–Kier alpha value is 0.440. The molecule has 94 valence electrons. The van der Waals surface area contributed by atoms with E-state index in [4.69, 9.17) is 0 Å². The third-order valence-corrected chi connectivity index (χ3v) is 6.01. The van der Waals surface area contributed by atoms with Crippen LogP contribution in [0.3, 0.4) is 0 Å².